The van der Waals surface area contributed by atoms with E-state index in [-0.39, 0.29) is 6.04 Å². The van der Waals surface area contributed by atoms with E-state index >= 15 is 0 Å². The SMILES string of the molecule is CC(=N[C@@H](c1ccccc1)C(C)C)NC#N. The van der Waals surface area contributed by atoms with E-state index in [2.05, 4.69) is 36.3 Å². The van der Waals surface area contributed by atoms with Crippen LogP contribution in [-0.2, 0) is 0 Å². The van der Waals surface area contributed by atoms with Gasteiger partial charge in [0.25, 0.3) is 0 Å². The second-order valence-electron chi connectivity index (χ2n) is 4.05. The van der Waals surface area contributed by atoms with E-state index < -0.39 is 0 Å². The summed E-state index contributed by atoms with van der Waals surface area (Å²) in [5.74, 6) is 1.06. The Kier molecular flexibility index (Phi) is 4.53. The van der Waals surface area contributed by atoms with E-state index in [0.717, 1.165) is 0 Å². The molecule has 84 valence electrons. The summed E-state index contributed by atoms with van der Waals surface area (Å²) in [5, 5.41) is 11.1. The molecule has 1 aromatic carbocycles. The quantitative estimate of drug-likeness (QED) is 0.365. The standard InChI is InChI=1S/C13H17N3/c1-10(2)13(16-11(3)15-9-14)12-7-5-4-6-8-12/h4-8,10,13H,1-3H3,(H,15,16)/t13-/m1/s1. The second kappa shape index (κ2) is 5.92. The number of amidine groups is 1. The summed E-state index contributed by atoms with van der Waals surface area (Å²) in [6, 6.07) is 10.2. The molecule has 0 spiro atoms. The molecule has 0 aliphatic rings. The van der Waals surface area contributed by atoms with Crippen molar-refractivity contribution in [3.8, 4) is 6.19 Å². The molecule has 0 heterocycles. The van der Waals surface area contributed by atoms with E-state index in [9.17, 15) is 0 Å². The molecule has 1 rings (SSSR count). The van der Waals surface area contributed by atoms with Gasteiger partial charge in [-0.05, 0) is 18.4 Å². The summed E-state index contributed by atoms with van der Waals surface area (Å²) in [4.78, 5) is 4.52. The lowest BCUT2D eigenvalue weighted by atomic mass is 9.97. The normalized spacial score (nSPS) is 13.3. The van der Waals surface area contributed by atoms with E-state index in [4.69, 9.17) is 5.26 Å². The molecule has 1 atom stereocenters. The number of rotatable bonds is 3. The Morgan fingerprint density at radius 1 is 1.31 bits per heavy atom. The molecule has 0 aliphatic carbocycles. The molecule has 0 saturated carbocycles. The second-order valence-corrected chi connectivity index (χ2v) is 4.05. The fourth-order valence-electron chi connectivity index (χ4n) is 1.58. The summed E-state index contributed by atoms with van der Waals surface area (Å²) in [6.45, 7) is 6.06. The maximum absolute atomic E-state index is 8.52. The number of nitrogens with one attached hydrogen (secondary N) is 1. The Balaban J connectivity index is 2.94. The molecule has 16 heavy (non-hydrogen) atoms. The van der Waals surface area contributed by atoms with Gasteiger partial charge in [0.2, 0.25) is 0 Å². The van der Waals surface area contributed by atoms with Crippen molar-refractivity contribution in [3.63, 3.8) is 0 Å². The van der Waals surface area contributed by atoms with Gasteiger partial charge in [-0.1, -0.05) is 44.2 Å². The summed E-state index contributed by atoms with van der Waals surface area (Å²) in [6.07, 6.45) is 1.88. The fraction of sp³-hybridized carbons (Fsp3) is 0.385. The first-order chi connectivity index (χ1) is 7.65. The Morgan fingerprint density at radius 2 is 1.94 bits per heavy atom. The monoisotopic (exact) mass is 215 g/mol. The number of hydrogen-bond donors (Lipinski definition) is 1. The van der Waals surface area contributed by atoms with Crippen LogP contribution < -0.4 is 5.32 Å². The molecule has 0 amide bonds. The van der Waals surface area contributed by atoms with E-state index in [1.165, 1.54) is 5.56 Å². The number of hydrogen-bond acceptors (Lipinski definition) is 2. The van der Waals surface area contributed by atoms with Gasteiger partial charge in [0.15, 0.2) is 6.19 Å². The molecule has 0 fully saturated rings. The lowest BCUT2D eigenvalue weighted by molar-refractivity contribution is 0.515. The van der Waals surface area contributed by atoms with Crippen LogP contribution in [0.2, 0.25) is 0 Å². The predicted octanol–water partition coefficient (Wildman–Crippen LogP) is 2.87. The molecular formula is C13H17N3. The first kappa shape index (κ1) is 12.3. The minimum atomic E-state index is 0.0991. The molecule has 3 nitrogen and oxygen atoms in total. The smallest absolute Gasteiger partial charge is 0.182 e. The fourth-order valence-corrected chi connectivity index (χ4v) is 1.58. The lowest BCUT2D eigenvalue weighted by Gasteiger charge is -2.17. The largest absolute Gasteiger partial charge is 0.281 e. The maximum Gasteiger partial charge on any atom is 0.182 e. The van der Waals surface area contributed by atoms with Crippen LogP contribution in [0.5, 0.6) is 0 Å². The summed E-state index contributed by atoms with van der Waals surface area (Å²) >= 11 is 0. The van der Waals surface area contributed by atoms with Crippen molar-refractivity contribution in [3.05, 3.63) is 35.9 Å². The highest BCUT2D eigenvalue weighted by Gasteiger charge is 2.14. The van der Waals surface area contributed by atoms with Crippen LogP contribution in [0.4, 0.5) is 0 Å². The minimum absolute atomic E-state index is 0.0991. The molecule has 0 aromatic heterocycles. The van der Waals surface area contributed by atoms with Crippen LogP contribution >= 0.6 is 0 Å². The Labute approximate surface area is 96.8 Å². The van der Waals surface area contributed by atoms with Crippen LogP contribution in [0.25, 0.3) is 0 Å². The van der Waals surface area contributed by atoms with Crippen molar-refractivity contribution in [1.82, 2.24) is 5.32 Å². The highest BCUT2D eigenvalue weighted by atomic mass is 15.0. The van der Waals surface area contributed by atoms with Crippen LogP contribution in [0.15, 0.2) is 35.3 Å². The van der Waals surface area contributed by atoms with Gasteiger partial charge >= 0.3 is 0 Å². The lowest BCUT2D eigenvalue weighted by Crippen LogP contribution is -2.16. The Hall–Kier alpha value is -1.82. The van der Waals surface area contributed by atoms with Crippen LogP contribution in [0, 0.1) is 17.4 Å². The van der Waals surface area contributed by atoms with E-state index in [0.29, 0.717) is 11.8 Å². The number of nitrogens with zero attached hydrogens (tertiary/aromatic N) is 2. The minimum Gasteiger partial charge on any atom is -0.281 e. The molecule has 1 aromatic rings. The van der Waals surface area contributed by atoms with Crippen molar-refractivity contribution < 1.29 is 0 Å². The average Bonchev–Trinajstić information content (AvgIpc) is 2.27. The molecule has 0 radical (unpaired) electrons. The topological polar surface area (TPSA) is 48.2 Å². The van der Waals surface area contributed by atoms with Crippen LogP contribution in [0.1, 0.15) is 32.4 Å². The molecular weight excluding hydrogens is 198 g/mol. The van der Waals surface area contributed by atoms with E-state index in [1.54, 1.807) is 0 Å². The molecule has 3 heteroatoms. The van der Waals surface area contributed by atoms with Crippen molar-refractivity contribution in [2.24, 2.45) is 10.9 Å². The van der Waals surface area contributed by atoms with Gasteiger partial charge in [-0.3, -0.25) is 10.3 Å². The number of benzene rings is 1. The third-order valence-corrected chi connectivity index (χ3v) is 2.34. The zero-order valence-electron chi connectivity index (χ0n) is 9.94. The highest BCUT2D eigenvalue weighted by Crippen LogP contribution is 2.25. The van der Waals surface area contributed by atoms with E-state index in [1.807, 2.05) is 31.3 Å². The van der Waals surface area contributed by atoms with Crippen LogP contribution in [0.3, 0.4) is 0 Å². The third-order valence-electron chi connectivity index (χ3n) is 2.34. The summed E-state index contributed by atoms with van der Waals surface area (Å²) < 4.78 is 0. The van der Waals surface area contributed by atoms with Gasteiger partial charge < -0.3 is 0 Å². The van der Waals surface area contributed by atoms with Gasteiger partial charge in [-0.15, -0.1) is 0 Å². The zero-order chi connectivity index (χ0) is 12.0. The number of nitriles is 1. The molecule has 1 N–H and O–H groups in total. The van der Waals surface area contributed by atoms with Crippen molar-refractivity contribution in [2.45, 2.75) is 26.8 Å². The molecule has 0 saturated heterocycles. The third kappa shape index (κ3) is 3.39. The van der Waals surface area contributed by atoms with Crippen molar-refractivity contribution in [1.29, 1.82) is 5.26 Å². The first-order valence-electron chi connectivity index (χ1n) is 5.39. The highest BCUT2D eigenvalue weighted by molar-refractivity contribution is 5.81. The van der Waals surface area contributed by atoms with Crippen molar-refractivity contribution >= 4 is 5.84 Å². The van der Waals surface area contributed by atoms with Gasteiger partial charge in [-0.25, -0.2) is 0 Å². The van der Waals surface area contributed by atoms with Gasteiger partial charge in [0, 0.05) is 0 Å². The first-order valence-corrected chi connectivity index (χ1v) is 5.39. The number of aliphatic imine (C=N–C) groups is 1. The Morgan fingerprint density at radius 3 is 2.44 bits per heavy atom. The summed E-state index contributed by atoms with van der Waals surface area (Å²) in [7, 11) is 0. The van der Waals surface area contributed by atoms with Gasteiger partial charge in [0.1, 0.15) is 5.84 Å². The molecule has 0 bridgehead atoms. The zero-order valence-corrected chi connectivity index (χ0v) is 9.94. The molecule has 0 unspecified atom stereocenters. The van der Waals surface area contributed by atoms with Gasteiger partial charge in [-0.2, -0.15) is 5.26 Å². The van der Waals surface area contributed by atoms with Crippen molar-refractivity contribution in [2.75, 3.05) is 0 Å². The summed E-state index contributed by atoms with van der Waals surface area (Å²) in [5.41, 5.74) is 1.18. The van der Waals surface area contributed by atoms with Gasteiger partial charge in [0.05, 0.1) is 6.04 Å². The Bertz CT molecular complexity index is 387. The predicted molar refractivity (Wildman–Crippen MR) is 65.9 cm³/mol. The van der Waals surface area contributed by atoms with Crippen LogP contribution in [-0.4, -0.2) is 5.84 Å². The maximum atomic E-state index is 8.52. The molecule has 0 aliphatic heterocycles. The average molecular weight is 215 g/mol.